The Morgan fingerprint density at radius 2 is 2.21 bits per heavy atom. The van der Waals surface area contributed by atoms with Crippen molar-refractivity contribution < 1.29 is 9.47 Å². The summed E-state index contributed by atoms with van der Waals surface area (Å²) in [7, 11) is 0. The number of guanidine groups is 1. The molecule has 1 rings (SSSR count). The molecule has 1 atom stereocenters. The van der Waals surface area contributed by atoms with Gasteiger partial charge in [0.15, 0.2) is 5.96 Å². The third-order valence-electron chi connectivity index (χ3n) is 2.56. The number of halogens is 1. The Hall–Kier alpha value is -0.0800. The zero-order chi connectivity index (χ0) is 13.4. The molecule has 0 saturated carbocycles. The Labute approximate surface area is 133 Å². The fraction of sp³-hybridized carbons (Fsp3) is 0.923. The second kappa shape index (κ2) is 9.77. The first-order chi connectivity index (χ1) is 8.47. The van der Waals surface area contributed by atoms with Crippen LogP contribution in [0.3, 0.4) is 0 Å². The number of nitrogens with two attached hydrogens (primary N) is 1. The third-order valence-corrected chi connectivity index (χ3v) is 2.56. The van der Waals surface area contributed by atoms with Gasteiger partial charge in [0.2, 0.25) is 0 Å². The molecule has 0 radical (unpaired) electrons. The number of hydrogen-bond acceptors (Lipinski definition) is 3. The Morgan fingerprint density at radius 1 is 1.47 bits per heavy atom. The SMILES string of the molecule is CC(C)(C)NC(N)=NCCCOCC1CCCO1.I. The number of rotatable bonds is 6. The van der Waals surface area contributed by atoms with Crippen molar-refractivity contribution in [3.8, 4) is 0 Å². The van der Waals surface area contributed by atoms with Gasteiger partial charge in [0.05, 0.1) is 12.7 Å². The minimum Gasteiger partial charge on any atom is -0.379 e. The number of nitrogens with one attached hydrogen (secondary N) is 1. The molecule has 0 aromatic heterocycles. The highest BCUT2D eigenvalue weighted by atomic mass is 127. The van der Waals surface area contributed by atoms with Gasteiger partial charge in [0.1, 0.15) is 0 Å². The molecule has 6 heteroatoms. The van der Waals surface area contributed by atoms with Crippen molar-refractivity contribution in [2.45, 2.75) is 51.7 Å². The summed E-state index contributed by atoms with van der Waals surface area (Å²) >= 11 is 0. The summed E-state index contributed by atoms with van der Waals surface area (Å²) < 4.78 is 11.0. The maximum absolute atomic E-state index is 5.75. The average molecular weight is 385 g/mol. The summed E-state index contributed by atoms with van der Waals surface area (Å²) in [5.74, 6) is 0.502. The van der Waals surface area contributed by atoms with Crippen molar-refractivity contribution in [2.75, 3.05) is 26.4 Å². The quantitative estimate of drug-likeness (QED) is 0.317. The van der Waals surface area contributed by atoms with E-state index in [0.29, 0.717) is 31.8 Å². The topological polar surface area (TPSA) is 68.9 Å². The summed E-state index contributed by atoms with van der Waals surface area (Å²) in [4.78, 5) is 4.25. The van der Waals surface area contributed by atoms with Crippen molar-refractivity contribution in [1.29, 1.82) is 0 Å². The highest BCUT2D eigenvalue weighted by Gasteiger charge is 2.14. The second-order valence-electron chi connectivity index (χ2n) is 5.71. The van der Waals surface area contributed by atoms with Gasteiger partial charge < -0.3 is 20.5 Å². The monoisotopic (exact) mass is 385 g/mol. The predicted octanol–water partition coefficient (Wildman–Crippen LogP) is 1.89. The highest BCUT2D eigenvalue weighted by Crippen LogP contribution is 2.11. The molecule has 5 nitrogen and oxygen atoms in total. The normalized spacial score (nSPS) is 20.2. The molecule has 1 heterocycles. The molecule has 0 spiro atoms. The molecule has 3 N–H and O–H groups in total. The molecule has 1 unspecified atom stereocenters. The van der Waals surface area contributed by atoms with Crippen molar-refractivity contribution in [3.63, 3.8) is 0 Å². The molecular formula is C13H28IN3O2. The minimum absolute atomic E-state index is 0. The van der Waals surface area contributed by atoms with Gasteiger partial charge in [-0.15, -0.1) is 24.0 Å². The summed E-state index contributed by atoms with van der Waals surface area (Å²) in [6, 6.07) is 0. The van der Waals surface area contributed by atoms with Crippen LogP contribution in [-0.2, 0) is 9.47 Å². The van der Waals surface area contributed by atoms with Gasteiger partial charge in [-0.1, -0.05) is 0 Å². The lowest BCUT2D eigenvalue weighted by atomic mass is 10.1. The molecule has 0 aromatic rings. The predicted molar refractivity (Wildman–Crippen MR) is 89.2 cm³/mol. The van der Waals surface area contributed by atoms with E-state index in [1.165, 1.54) is 0 Å². The molecule has 1 aliphatic rings. The standard InChI is InChI=1S/C13H27N3O2.HI/c1-13(2,3)16-12(14)15-7-5-8-17-10-11-6-4-9-18-11;/h11H,4-10H2,1-3H3,(H3,14,15,16);1H. The van der Waals surface area contributed by atoms with Gasteiger partial charge in [-0.3, -0.25) is 4.99 Å². The van der Waals surface area contributed by atoms with Crippen molar-refractivity contribution in [3.05, 3.63) is 0 Å². The number of hydrogen-bond donors (Lipinski definition) is 2. The molecule has 114 valence electrons. The molecule has 0 aromatic carbocycles. The van der Waals surface area contributed by atoms with Crippen molar-refractivity contribution in [2.24, 2.45) is 10.7 Å². The van der Waals surface area contributed by atoms with E-state index in [2.05, 4.69) is 31.1 Å². The van der Waals surface area contributed by atoms with Crippen LogP contribution >= 0.6 is 24.0 Å². The Bertz CT molecular complexity index is 261. The largest absolute Gasteiger partial charge is 0.379 e. The Morgan fingerprint density at radius 3 is 2.79 bits per heavy atom. The molecular weight excluding hydrogens is 357 g/mol. The van der Waals surface area contributed by atoms with E-state index in [4.69, 9.17) is 15.2 Å². The van der Waals surface area contributed by atoms with Gasteiger partial charge in [0.25, 0.3) is 0 Å². The van der Waals surface area contributed by atoms with E-state index in [1.807, 2.05) is 0 Å². The van der Waals surface area contributed by atoms with Gasteiger partial charge in [-0.25, -0.2) is 0 Å². The molecule has 0 bridgehead atoms. The zero-order valence-corrected chi connectivity index (χ0v) is 14.6. The lowest BCUT2D eigenvalue weighted by Gasteiger charge is -2.20. The Balaban J connectivity index is 0.00000324. The average Bonchev–Trinajstić information content (AvgIpc) is 2.73. The number of nitrogens with zero attached hydrogens (tertiary/aromatic N) is 1. The van der Waals surface area contributed by atoms with E-state index in [9.17, 15) is 0 Å². The van der Waals surface area contributed by atoms with Gasteiger partial charge in [-0.2, -0.15) is 0 Å². The van der Waals surface area contributed by atoms with E-state index >= 15 is 0 Å². The maximum Gasteiger partial charge on any atom is 0.188 e. The molecule has 0 amide bonds. The van der Waals surface area contributed by atoms with E-state index in [0.717, 1.165) is 25.9 Å². The first kappa shape index (κ1) is 18.9. The van der Waals surface area contributed by atoms with E-state index < -0.39 is 0 Å². The number of aliphatic imine (C=N–C) groups is 1. The Kier molecular flexibility index (Phi) is 9.72. The van der Waals surface area contributed by atoms with Crippen LogP contribution in [0.4, 0.5) is 0 Å². The lowest BCUT2D eigenvalue weighted by molar-refractivity contribution is 0.0171. The van der Waals surface area contributed by atoms with Crippen LogP contribution < -0.4 is 11.1 Å². The molecule has 0 aliphatic carbocycles. The molecule has 19 heavy (non-hydrogen) atoms. The lowest BCUT2D eigenvalue weighted by Crippen LogP contribution is -2.45. The van der Waals surface area contributed by atoms with Crippen LogP contribution in [0.2, 0.25) is 0 Å². The smallest absolute Gasteiger partial charge is 0.188 e. The second-order valence-corrected chi connectivity index (χ2v) is 5.71. The van der Waals surface area contributed by atoms with E-state index in [1.54, 1.807) is 0 Å². The number of ether oxygens (including phenoxy) is 2. The van der Waals surface area contributed by atoms with Gasteiger partial charge in [0, 0.05) is 25.3 Å². The molecule has 1 fully saturated rings. The third kappa shape index (κ3) is 10.4. The summed E-state index contributed by atoms with van der Waals surface area (Å²) in [6.45, 7) is 9.17. The van der Waals surface area contributed by atoms with Crippen LogP contribution in [0.5, 0.6) is 0 Å². The molecule has 1 aliphatic heterocycles. The van der Waals surface area contributed by atoms with Gasteiger partial charge in [-0.05, 0) is 40.0 Å². The van der Waals surface area contributed by atoms with Crippen molar-refractivity contribution >= 4 is 29.9 Å². The van der Waals surface area contributed by atoms with Crippen LogP contribution in [0, 0.1) is 0 Å². The summed E-state index contributed by atoms with van der Waals surface area (Å²) in [5, 5.41) is 3.12. The highest BCUT2D eigenvalue weighted by molar-refractivity contribution is 14.0. The van der Waals surface area contributed by atoms with Crippen LogP contribution in [-0.4, -0.2) is 44.0 Å². The fourth-order valence-corrected chi connectivity index (χ4v) is 1.78. The fourth-order valence-electron chi connectivity index (χ4n) is 1.78. The van der Waals surface area contributed by atoms with Crippen LogP contribution in [0.15, 0.2) is 4.99 Å². The van der Waals surface area contributed by atoms with Crippen LogP contribution in [0.1, 0.15) is 40.0 Å². The first-order valence-corrected chi connectivity index (χ1v) is 6.75. The summed E-state index contributed by atoms with van der Waals surface area (Å²) in [6.07, 6.45) is 3.48. The maximum atomic E-state index is 5.75. The van der Waals surface area contributed by atoms with Crippen LogP contribution in [0.25, 0.3) is 0 Å². The first-order valence-electron chi connectivity index (χ1n) is 6.75. The zero-order valence-electron chi connectivity index (χ0n) is 12.3. The minimum atomic E-state index is -0.0378. The molecule has 1 saturated heterocycles. The van der Waals surface area contributed by atoms with Gasteiger partial charge >= 0.3 is 0 Å². The van der Waals surface area contributed by atoms with E-state index in [-0.39, 0.29) is 29.5 Å². The summed E-state index contributed by atoms with van der Waals surface area (Å²) in [5.41, 5.74) is 5.71. The van der Waals surface area contributed by atoms with Crippen molar-refractivity contribution in [1.82, 2.24) is 5.32 Å².